The van der Waals surface area contributed by atoms with Gasteiger partial charge in [0.1, 0.15) is 0 Å². The number of hydrogen-bond donors (Lipinski definition) is 1. The van der Waals surface area contributed by atoms with Gasteiger partial charge in [-0.25, -0.2) is 13.8 Å². The van der Waals surface area contributed by atoms with Crippen LogP contribution >= 0.6 is 11.3 Å². The van der Waals surface area contributed by atoms with Crippen LogP contribution in [0.5, 0.6) is 5.75 Å². The first-order valence-electron chi connectivity index (χ1n) is 9.97. The summed E-state index contributed by atoms with van der Waals surface area (Å²) in [5, 5.41) is 12.3. The molecule has 1 fully saturated rings. The number of nitrogens with zero attached hydrogens (tertiary/aromatic N) is 3. The van der Waals surface area contributed by atoms with Crippen LogP contribution in [0.1, 0.15) is 46.6 Å². The van der Waals surface area contributed by atoms with E-state index in [0.717, 1.165) is 41.6 Å². The Bertz CT molecular complexity index is 1050. The van der Waals surface area contributed by atoms with Gasteiger partial charge in [0.25, 0.3) is 0 Å². The van der Waals surface area contributed by atoms with Gasteiger partial charge < -0.3 is 14.6 Å². The first-order chi connectivity index (χ1) is 14.4. The summed E-state index contributed by atoms with van der Waals surface area (Å²) in [4.78, 5) is 19.9. The SMILES string of the molecule is Cc1cc(C(=O)Cc2cc(F)c(O)c(F)c2)n(Cc2csc(N3CCCCC3)n2)c1. The van der Waals surface area contributed by atoms with Crippen LogP contribution < -0.4 is 4.90 Å². The number of phenols is 1. The van der Waals surface area contributed by atoms with E-state index >= 15 is 0 Å². The summed E-state index contributed by atoms with van der Waals surface area (Å²) in [6, 6.07) is 3.75. The van der Waals surface area contributed by atoms with Crippen LogP contribution in [0.3, 0.4) is 0 Å². The van der Waals surface area contributed by atoms with Gasteiger partial charge >= 0.3 is 0 Å². The molecule has 1 saturated heterocycles. The van der Waals surface area contributed by atoms with E-state index in [1.165, 1.54) is 19.3 Å². The van der Waals surface area contributed by atoms with Gasteiger partial charge in [-0.1, -0.05) is 0 Å². The molecule has 0 atom stereocenters. The van der Waals surface area contributed by atoms with Gasteiger partial charge in [0.05, 0.1) is 17.9 Å². The molecule has 3 heterocycles. The Hall–Kier alpha value is -2.74. The molecule has 1 aromatic carbocycles. The molecule has 0 saturated carbocycles. The van der Waals surface area contributed by atoms with Gasteiger partial charge in [-0.05, 0) is 55.5 Å². The predicted molar refractivity (Wildman–Crippen MR) is 113 cm³/mol. The van der Waals surface area contributed by atoms with Crippen molar-refractivity contribution in [1.82, 2.24) is 9.55 Å². The Kier molecular flexibility index (Phi) is 5.85. The first-order valence-corrected chi connectivity index (χ1v) is 10.8. The van der Waals surface area contributed by atoms with Gasteiger partial charge in [0, 0.05) is 31.1 Å². The number of anilines is 1. The van der Waals surface area contributed by atoms with Crippen LogP contribution in [-0.4, -0.2) is 33.5 Å². The van der Waals surface area contributed by atoms with Crippen molar-refractivity contribution in [3.8, 4) is 5.75 Å². The third-order valence-electron chi connectivity index (χ3n) is 5.26. The molecule has 1 aliphatic heterocycles. The second-order valence-electron chi connectivity index (χ2n) is 7.71. The second-order valence-corrected chi connectivity index (χ2v) is 8.54. The fourth-order valence-corrected chi connectivity index (χ4v) is 4.66. The van der Waals surface area contributed by atoms with Crippen LogP contribution in [0.4, 0.5) is 13.9 Å². The largest absolute Gasteiger partial charge is 0.503 e. The summed E-state index contributed by atoms with van der Waals surface area (Å²) < 4.78 is 29.0. The normalized spacial score (nSPS) is 14.3. The van der Waals surface area contributed by atoms with Crippen LogP contribution in [0.2, 0.25) is 0 Å². The van der Waals surface area contributed by atoms with E-state index in [2.05, 4.69) is 4.90 Å². The summed E-state index contributed by atoms with van der Waals surface area (Å²) in [7, 11) is 0. The van der Waals surface area contributed by atoms with Crippen LogP contribution in [-0.2, 0) is 13.0 Å². The first kappa shape index (κ1) is 20.5. The highest BCUT2D eigenvalue weighted by molar-refractivity contribution is 7.13. The molecular weight excluding hydrogens is 408 g/mol. The number of aryl methyl sites for hydroxylation is 1. The third kappa shape index (κ3) is 4.38. The Morgan fingerprint density at radius 1 is 1.17 bits per heavy atom. The minimum atomic E-state index is -1.07. The Morgan fingerprint density at radius 2 is 1.87 bits per heavy atom. The summed E-state index contributed by atoms with van der Waals surface area (Å²) in [6.07, 6.45) is 5.35. The fourth-order valence-electron chi connectivity index (χ4n) is 3.79. The highest BCUT2D eigenvalue weighted by Crippen LogP contribution is 2.26. The number of halogens is 2. The summed E-state index contributed by atoms with van der Waals surface area (Å²) in [6.45, 7) is 4.41. The van der Waals surface area contributed by atoms with Crippen molar-refractivity contribution in [2.75, 3.05) is 18.0 Å². The lowest BCUT2D eigenvalue weighted by molar-refractivity contribution is 0.0984. The lowest BCUT2D eigenvalue weighted by atomic mass is 10.1. The molecular formula is C22H23F2N3O2S. The van der Waals surface area contributed by atoms with Gasteiger partial charge in [-0.2, -0.15) is 0 Å². The van der Waals surface area contributed by atoms with Gasteiger partial charge in [-0.3, -0.25) is 4.79 Å². The molecule has 0 radical (unpaired) electrons. The van der Waals surface area contributed by atoms with Gasteiger partial charge in [-0.15, -0.1) is 11.3 Å². The van der Waals surface area contributed by atoms with Crippen molar-refractivity contribution < 1.29 is 18.7 Å². The van der Waals surface area contributed by atoms with E-state index in [0.29, 0.717) is 12.2 Å². The molecule has 0 amide bonds. The average Bonchev–Trinajstić information content (AvgIpc) is 3.33. The molecule has 0 spiro atoms. The quantitative estimate of drug-likeness (QED) is 0.575. The van der Waals surface area contributed by atoms with Gasteiger partial charge in [0.2, 0.25) is 0 Å². The Labute approximate surface area is 177 Å². The summed E-state index contributed by atoms with van der Waals surface area (Å²) in [5.74, 6) is -3.42. The Balaban J connectivity index is 1.51. The zero-order chi connectivity index (χ0) is 21.3. The number of carbonyl (C=O) groups excluding carboxylic acids is 1. The number of rotatable bonds is 6. The molecule has 8 heteroatoms. The smallest absolute Gasteiger partial charge is 0.187 e. The number of piperidine rings is 1. The van der Waals surface area contributed by atoms with Crippen molar-refractivity contribution in [2.45, 2.75) is 39.2 Å². The minimum absolute atomic E-state index is 0.159. The van der Waals surface area contributed by atoms with Crippen molar-refractivity contribution in [3.05, 3.63) is 63.9 Å². The molecule has 4 rings (SSSR count). The standard InChI is InChI=1S/C22H23F2N3O2S/c1-14-7-19(20(28)10-15-8-17(23)21(29)18(24)9-15)27(11-14)12-16-13-30-22(25-16)26-5-3-2-4-6-26/h7-9,11,13,29H,2-6,10,12H2,1H3. The minimum Gasteiger partial charge on any atom is -0.503 e. The van der Waals surface area contributed by atoms with Crippen LogP contribution in [0.25, 0.3) is 0 Å². The predicted octanol–water partition coefficient (Wildman–Crippen LogP) is 4.70. The number of phenolic OH excluding ortho intramolecular Hbond substituents is 1. The molecule has 0 aliphatic carbocycles. The van der Waals surface area contributed by atoms with E-state index in [9.17, 15) is 18.7 Å². The third-order valence-corrected chi connectivity index (χ3v) is 6.21. The molecule has 5 nitrogen and oxygen atoms in total. The monoisotopic (exact) mass is 431 g/mol. The highest BCUT2D eigenvalue weighted by atomic mass is 32.1. The van der Waals surface area contributed by atoms with E-state index in [-0.39, 0.29) is 17.8 Å². The number of ketones is 1. The summed E-state index contributed by atoms with van der Waals surface area (Å²) >= 11 is 1.61. The topological polar surface area (TPSA) is 58.4 Å². The number of benzene rings is 1. The zero-order valence-corrected chi connectivity index (χ0v) is 17.5. The molecule has 0 bridgehead atoms. The molecule has 2 aromatic heterocycles. The maximum Gasteiger partial charge on any atom is 0.187 e. The van der Waals surface area contributed by atoms with E-state index < -0.39 is 17.4 Å². The Morgan fingerprint density at radius 3 is 2.57 bits per heavy atom. The number of Topliss-reactive ketones (excluding diaryl/α,β-unsaturated/α-hetero) is 1. The van der Waals surface area contributed by atoms with Gasteiger partial charge in [0.15, 0.2) is 28.3 Å². The maximum absolute atomic E-state index is 13.6. The molecule has 158 valence electrons. The fraction of sp³-hybridized carbons (Fsp3) is 0.364. The van der Waals surface area contributed by atoms with E-state index in [4.69, 9.17) is 4.98 Å². The highest BCUT2D eigenvalue weighted by Gasteiger charge is 2.18. The van der Waals surface area contributed by atoms with E-state index in [1.807, 2.05) is 23.1 Å². The average molecular weight is 432 g/mol. The van der Waals surface area contributed by atoms with E-state index in [1.54, 1.807) is 17.4 Å². The zero-order valence-electron chi connectivity index (χ0n) is 16.7. The van der Waals surface area contributed by atoms with Crippen molar-refractivity contribution in [3.63, 3.8) is 0 Å². The number of hydrogen-bond acceptors (Lipinski definition) is 5. The van der Waals surface area contributed by atoms with Crippen molar-refractivity contribution >= 4 is 22.3 Å². The number of carbonyl (C=O) groups is 1. The van der Waals surface area contributed by atoms with Crippen LogP contribution in [0.15, 0.2) is 29.8 Å². The number of aromatic nitrogens is 2. The molecule has 3 aromatic rings. The number of thiazole rings is 1. The lowest BCUT2D eigenvalue weighted by Crippen LogP contribution is -2.29. The molecule has 1 N–H and O–H groups in total. The van der Waals surface area contributed by atoms with Crippen molar-refractivity contribution in [1.29, 1.82) is 0 Å². The van der Waals surface area contributed by atoms with Crippen LogP contribution in [0, 0.1) is 18.6 Å². The summed E-state index contributed by atoms with van der Waals surface area (Å²) in [5.41, 5.74) is 2.45. The maximum atomic E-state index is 13.6. The lowest BCUT2D eigenvalue weighted by Gasteiger charge is -2.25. The molecule has 0 unspecified atom stereocenters. The molecule has 1 aliphatic rings. The van der Waals surface area contributed by atoms with Crippen molar-refractivity contribution in [2.24, 2.45) is 0 Å². The molecule has 30 heavy (non-hydrogen) atoms. The number of aromatic hydroxyl groups is 1. The second kappa shape index (κ2) is 8.55.